The fraction of sp³-hybridized carbons (Fsp3) is 0.333. The van der Waals surface area contributed by atoms with Crippen LogP contribution in [0.1, 0.15) is 49.8 Å². The van der Waals surface area contributed by atoms with Gasteiger partial charge in [0.2, 0.25) is 5.91 Å². The van der Waals surface area contributed by atoms with E-state index in [1.54, 1.807) is 18.2 Å². The summed E-state index contributed by atoms with van der Waals surface area (Å²) < 4.78 is 21.3. The van der Waals surface area contributed by atoms with Crippen LogP contribution in [0, 0.1) is 5.82 Å². The first-order valence-corrected chi connectivity index (χ1v) is 13.4. The minimum Gasteiger partial charge on any atom is -0.483 e. The maximum absolute atomic E-state index is 14.6. The lowest BCUT2D eigenvalue weighted by Crippen LogP contribution is -2.52. The Kier molecular flexibility index (Phi) is 10.7. The van der Waals surface area contributed by atoms with E-state index in [1.807, 2.05) is 55.5 Å². The zero-order valence-corrected chi connectivity index (χ0v) is 23.1. The van der Waals surface area contributed by atoms with Crippen molar-refractivity contribution in [3.63, 3.8) is 0 Å². The van der Waals surface area contributed by atoms with Gasteiger partial charge in [-0.1, -0.05) is 75.4 Å². The summed E-state index contributed by atoms with van der Waals surface area (Å²) in [5.74, 6) is -0.239. The number of benzene rings is 3. The Morgan fingerprint density at radius 3 is 2.38 bits per heavy atom. The average Bonchev–Trinajstić information content (AvgIpc) is 2.89. The molecule has 1 atom stereocenters. The molecule has 3 aromatic rings. The molecule has 7 heteroatoms. The first kappa shape index (κ1) is 28.4. The van der Waals surface area contributed by atoms with E-state index in [1.165, 1.54) is 11.0 Å². The van der Waals surface area contributed by atoms with E-state index in [9.17, 15) is 14.0 Å². The molecule has 0 heterocycles. The van der Waals surface area contributed by atoms with Crippen molar-refractivity contribution in [3.8, 4) is 5.75 Å². The summed E-state index contributed by atoms with van der Waals surface area (Å²) in [4.78, 5) is 28.3. The van der Waals surface area contributed by atoms with Crippen LogP contribution in [-0.2, 0) is 22.6 Å². The largest absolute Gasteiger partial charge is 0.483 e. The summed E-state index contributed by atoms with van der Waals surface area (Å²) in [6.07, 6.45) is 1.05. The van der Waals surface area contributed by atoms with Gasteiger partial charge in [-0.15, -0.1) is 0 Å². The molecular formula is C30H34BrFN2O3. The summed E-state index contributed by atoms with van der Waals surface area (Å²) in [5, 5.41) is 2.91. The van der Waals surface area contributed by atoms with Crippen molar-refractivity contribution in [1.82, 2.24) is 10.2 Å². The molecule has 0 fully saturated rings. The molecule has 0 aromatic heterocycles. The van der Waals surface area contributed by atoms with Crippen molar-refractivity contribution in [1.29, 1.82) is 0 Å². The summed E-state index contributed by atoms with van der Waals surface area (Å²) in [6, 6.07) is 20.7. The zero-order valence-electron chi connectivity index (χ0n) is 21.5. The number of nitrogens with zero attached hydrogens (tertiary/aromatic N) is 1. The second-order valence-corrected chi connectivity index (χ2v) is 10.1. The van der Waals surface area contributed by atoms with Crippen LogP contribution in [0.5, 0.6) is 5.75 Å². The molecule has 0 spiro atoms. The molecule has 3 rings (SSSR count). The third-order valence-corrected chi connectivity index (χ3v) is 6.71. The van der Waals surface area contributed by atoms with Crippen molar-refractivity contribution >= 4 is 27.7 Å². The van der Waals surface area contributed by atoms with Crippen LogP contribution < -0.4 is 10.1 Å². The number of nitrogens with one attached hydrogen (secondary N) is 1. The maximum atomic E-state index is 14.6. The van der Waals surface area contributed by atoms with E-state index in [0.29, 0.717) is 30.2 Å². The molecule has 5 nitrogen and oxygen atoms in total. The highest BCUT2D eigenvalue weighted by atomic mass is 79.9. The van der Waals surface area contributed by atoms with Gasteiger partial charge in [0, 0.05) is 25.1 Å². The number of hydrogen-bond acceptors (Lipinski definition) is 3. The van der Waals surface area contributed by atoms with Gasteiger partial charge in [0.1, 0.15) is 17.6 Å². The number of rotatable bonds is 12. The summed E-state index contributed by atoms with van der Waals surface area (Å²) in [6.45, 7) is 6.30. The highest BCUT2D eigenvalue weighted by Crippen LogP contribution is 2.29. The SMILES string of the molecule is CCCNC(=O)[C@@H](Cc1ccccc1)N(Cc1ccccc1F)C(=O)COc1ccc(C(C)C)cc1Br. The smallest absolute Gasteiger partial charge is 0.261 e. The number of amides is 2. The number of halogens is 2. The number of hydrogen-bond donors (Lipinski definition) is 1. The Bertz CT molecular complexity index is 1190. The highest BCUT2D eigenvalue weighted by Gasteiger charge is 2.31. The van der Waals surface area contributed by atoms with E-state index in [2.05, 4.69) is 35.1 Å². The van der Waals surface area contributed by atoms with Gasteiger partial charge >= 0.3 is 0 Å². The molecule has 3 aromatic carbocycles. The highest BCUT2D eigenvalue weighted by molar-refractivity contribution is 9.10. The monoisotopic (exact) mass is 568 g/mol. The molecule has 0 radical (unpaired) electrons. The zero-order chi connectivity index (χ0) is 26.8. The second kappa shape index (κ2) is 13.9. The molecule has 0 aliphatic carbocycles. The molecule has 0 saturated carbocycles. The van der Waals surface area contributed by atoms with Crippen LogP contribution in [0.4, 0.5) is 4.39 Å². The molecule has 0 bridgehead atoms. The van der Waals surface area contributed by atoms with Crippen LogP contribution in [0.2, 0.25) is 0 Å². The van der Waals surface area contributed by atoms with Gasteiger partial charge in [0.15, 0.2) is 6.61 Å². The average molecular weight is 570 g/mol. The fourth-order valence-corrected chi connectivity index (χ4v) is 4.46. The predicted octanol–water partition coefficient (Wildman–Crippen LogP) is 6.26. The third kappa shape index (κ3) is 8.15. The molecule has 0 aliphatic rings. The lowest BCUT2D eigenvalue weighted by atomic mass is 10.0. The molecule has 37 heavy (non-hydrogen) atoms. The molecule has 1 N–H and O–H groups in total. The first-order valence-electron chi connectivity index (χ1n) is 12.6. The molecular weight excluding hydrogens is 535 g/mol. The van der Waals surface area contributed by atoms with Crippen molar-refractivity contribution in [2.75, 3.05) is 13.2 Å². The van der Waals surface area contributed by atoms with E-state index in [0.717, 1.165) is 22.0 Å². The Hall–Kier alpha value is -3.19. The first-order chi connectivity index (χ1) is 17.8. The molecule has 0 aliphatic heterocycles. The van der Waals surface area contributed by atoms with Crippen molar-refractivity contribution in [2.45, 2.75) is 52.1 Å². The summed E-state index contributed by atoms with van der Waals surface area (Å²) in [5.41, 5.74) is 2.38. The Labute approximate surface area is 227 Å². The van der Waals surface area contributed by atoms with Crippen molar-refractivity contribution in [3.05, 3.63) is 99.8 Å². The molecule has 0 unspecified atom stereocenters. The van der Waals surface area contributed by atoms with Crippen LogP contribution in [0.3, 0.4) is 0 Å². The quantitative estimate of drug-likeness (QED) is 0.280. The van der Waals surface area contributed by atoms with Crippen molar-refractivity contribution < 1.29 is 18.7 Å². The second-order valence-electron chi connectivity index (χ2n) is 9.24. The van der Waals surface area contributed by atoms with Crippen LogP contribution >= 0.6 is 15.9 Å². The van der Waals surface area contributed by atoms with Gasteiger partial charge < -0.3 is 15.0 Å². The fourth-order valence-electron chi connectivity index (χ4n) is 3.95. The topological polar surface area (TPSA) is 58.6 Å². The molecule has 0 saturated heterocycles. The Morgan fingerprint density at radius 2 is 1.73 bits per heavy atom. The van der Waals surface area contributed by atoms with Gasteiger partial charge in [0.05, 0.1) is 4.47 Å². The lowest BCUT2D eigenvalue weighted by Gasteiger charge is -2.31. The number of ether oxygens (including phenoxy) is 1. The van der Waals surface area contributed by atoms with Gasteiger partial charge in [-0.2, -0.15) is 0 Å². The minimum absolute atomic E-state index is 0.0562. The van der Waals surface area contributed by atoms with Gasteiger partial charge in [-0.05, 0) is 57.6 Å². The normalized spacial score (nSPS) is 11.7. The Balaban J connectivity index is 1.90. The summed E-state index contributed by atoms with van der Waals surface area (Å²) in [7, 11) is 0. The predicted molar refractivity (Wildman–Crippen MR) is 148 cm³/mol. The van der Waals surface area contributed by atoms with Crippen LogP contribution in [0.25, 0.3) is 0 Å². The molecule has 2 amide bonds. The van der Waals surface area contributed by atoms with E-state index >= 15 is 0 Å². The minimum atomic E-state index is -0.837. The maximum Gasteiger partial charge on any atom is 0.261 e. The number of carbonyl (C=O) groups excluding carboxylic acids is 2. The van der Waals surface area contributed by atoms with Crippen molar-refractivity contribution in [2.24, 2.45) is 0 Å². The van der Waals surface area contributed by atoms with Crippen LogP contribution in [-0.4, -0.2) is 35.9 Å². The third-order valence-electron chi connectivity index (χ3n) is 6.09. The van der Waals surface area contributed by atoms with E-state index in [4.69, 9.17) is 4.74 Å². The van der Waals surface area contributed by atoms with Gasteiger partial charge in [-0.25, -0.2) is 4.39 Å². The molecule has 196 valence electrons. The van der Waals surface area contributed by atoms with Gasteiger partial charge in [0.25, 0.3) is 5.91 Å². The number of carbonyl (C=O) groups is 2. The van der Waals surface area contributed by atoms with Gasteiger partial charge in [-0.3, -0.25) is 9.59 Å². The lowest BCUT2D eigenvalue weighted by molar-refractivity contribution is -0.142. The summed E-state index contributed by atoms with van der Waals surface area (Å²) >= 11 is 3.53. The van der Waals surface area contributed by atoms with E-state index in [-0.39, 0.29) is 19.1 Å². The van der Waals surface area contributed by atoms with Crippen LogP contribution in [0.15, 0.2) is 77.3 Å². The standard InChI is InChI=1S/C30H34BrFN2O3/c1-4-16-33-30(36)27(17-22-10-6-5-7-11-22)34(19-24-12-8-9-13-26(24)32)29(35)20-37-28-15-14-23(21(2)3)18-25(28)31/h5-15,18,21,27H,4,16-17,19-20H2,1-3H3,(H,33,36)/t27-/m1/s1. The Morgan fingerprint density at radius 1 is 1.03 bits per heavy atom. The van der Waals surface area contributed by atoms with E-state index < -0.39 is 17.8 Å².